The van der Waals surface area contributed by atoms with Crippen molar-refractivity contribution in [3.63, 3.8) is 0 Å². The Morgan fingerprint density at radius 3 is 1.15 bits per heavy atom. The van der Waals surface area contributed by atoms with Crippen LogP contribution in [-0.2, 0) is 19.1 Å². The van der Waals surface area contributed by atoms with E-state index < -0.39 is 16.1 Å². The molecule has 0 aromatic carbocycles. The summed E-state index contributed by atoms with van der Waals surface area (Å²) in [6, 6.07) is 2.89. The van der Waals surface area contributed by atoms with Crippen LogP contribution in [-0.4, -0.2) is 40.3 Å². The minimum Gasteiger partial charge on any atom is -0.462 e. The molecular formula is C34H64O4Si2. The first kappa shape index (κ1) is 33.9. The predicted molar refractivity (Wildman–Crippen MR) is 173 cm³/mol. The Balaban J connectivity index is 1.32. The van der Waals surface area contributed by atoms with Crippen LogP contribution in [0, 0.1) is 11.8 Å². The molecule has 3 aliphatic rings. The summed E-state index contributed by atoms with van der Waals surface area (Å²) in [4.78, 5) is 26.0. The molecule has 0 aromatic rings. The summed E-state index contributed by atoms with van der Waals surface area (Å²) in [6.07, 6.45) is 20.6. The van der Waals surface area contributed by atoms with Crippen LogP contribution in [0.2, 0.25) is 49.4 Å². The van der Waals surface area contributed by atoms with Gasteiger partial charge in [0.1, 0.15) is 12.2 Å². The van der Waals surface area contributed by atoms with Gasteiger partial charge in [-0.3, -0.25) is 9.59 Å². The third-order valence-electron chi connectivity index (χ3n) is 11.4. The number of hydrogen-bond acceptors (Lipinski definition) is 4. The molecular weight excluding hydrogens is 529 g/mol. The molecule has 0 saturated heterocycles. The Labute approximate surface area is 249 Å². The number of carbonyl (C=O) groups excluding carboxylic acids is 2. The van der Waals surface area contributed by atoms with Gasteiger partial charge in [0.2, 0.25) is 0 Å². The molecule has 232 valence electrons. The first-order valence-electron chi connectivity index (χ1n) is 17.5. The average molecular weight is 593 g/mol. The van der Waals surface area contributed by atoms with Crippen LogP contribution in [0.25, 0.3) is 0 Å². The predicted octanol–water partition coefficient (Wildman–Crippen LogP) is 10.3. The molecule has 3 aliphatic carbocycles. The Hall–Kier alpha value is -0.626. The van der Waals surface area contributed by atoms with Crippen LogP contribution in [0.5, 0.6) is 0 Å². The van der Waals surface area contributed by atoms with Gasteiger partial charge < -0.3 is 9.47 Å². The van der Waals surface area contributed by atoms with E-state index in [0.29, 0.717) is 0 Å². The Morgan fingerprint density at radius 2 is 0.850 bits per heavy atom. The van der Waals surface area contributed by atoms with Gasteiger partial charge in [0.25, 0.3) is 0 Å². The molecule has 0 bridgehead atoms. The van der Waals surface area contributed by atoms with Crippen molar-refractivity contribution in [2.45, 2.75) is 191 Å². The summed E-state index contributed by atoms with van der Waals surface area (Å²) in [5.74, 6) is -0.0635. The van der Waals surface area contributed by atoms with Crippen LogP contribution in [0.1, 0.15) is 129 Å². The number of esters is 2. The van der Waals surface area contributed by atoms with E-state index in [1.165, 1.54) is 76.3 Å². The number of carbonyl (C=O) groups is 2. The second kappa shape index (κ2) is 16.3. The second-order valence-electron chi connectivity index (χ2n) is 15.3. The maximum absolute atomic E-state index is 13.0. The smallest absolute Gasteiger partial charge is 0.309 e. The molecule has 3 fully saturated rings. The van der Waals surface area contributed by atoms with Crippen LogP contribution >= 0.6 is 0 Å². The molecule has 0 radical (unpaired) electrons. The molecule has 0 heterocycles. The molecule has 3 saturated carbocycles. The summed E-state index contributed by atoms with van der Waals surface area (Å²) in [7, 11) is -2.36. The Morgan fingerprint density at radius 1 is 0.525 bits per heavy atom. The molecule has 0 unspecified atom stereocenters. The van der Waals surface area contributed by atoms with Crippen LogP contribution < -0.4 is 0 Å². The summed E-state index contributed by atoms with van der Waals surface area (Å²) in [5, 5.41) is 0. The molecule has 0 amide bonds. The maximum atomic E-state index is 13.0. The third-order valence-corrected chi connectivity index (χ3v) is 20.2. The largest absolute Gasteiger partial charge is 0.462 e. The highest BCUT2D eigenvalue weighted by Crippen LogP contribution is 2.43. The standard InChI is InChI=1S/C34H64O4Si2/c1-7-9-11-25-39(3,4)31-21-17-29(18-22-31)37-33(35)27-13-15-28(16-14-27)34(36)38-30-19-23-32(24-20-30)40(5,6)26-12-10-8-2/h27-32H,7-26H2,1-6H3. The molecule has 0 spiro atoms. The number of unbranched alkanes of at least 4 members (excludes halogenated alkanes) is 4. The van der Waals surface area contributed by atoms with Crippen LogP contribution in [0.15, 0.2) is 0 Å². The van der Waals surface area contributed by atoms with Gasteiger partial charge in [-0.1, -0.05) is 90.6 Å². The van der Waals surface area contributed by atoms with Gasteiger partial charge in [-0.15, -0.1) is 0 Å². The van der Waals surface area contributed by atoms with Crippen molar-refractivity contribution in [1.82, 2.24) is 0 Å². The Bertz CT molecular complexity index is 694. The van der Waals surface area contributed by atoms with E-state index in [0.717, 1.165) is 62.4 Å². The molecule has 0 aliphatic heterocycles. The number of hydrogen-bond donors (Lipinski definition) is 0. The lowest BCUT2D eigenvalue weighted by Crippen LogP contribution is -2.38. The molecule has 4 nitrogen and oxygen atoms in total. The minimum atomic E-state index is -1.18. The lowest BCUT2D eigenvalue weighted by molar-refractivity contribution is -0.162. The molecule has 0 atom stereocenters. The fourth-order valence-corrected chi connectivity index (χ4v) is 15.0. The molecule has 40 heavy (non-hydrogen) atoms. The van der Waals surface area contributed by atoms with Crippen molar-refractivity contribution < 1.29 is 19.1 Å². The van der Waals surface area contributed by atoms with Gasteiger partial charge in [0.15, 0.2) is 0 Å². The quantitative estimate of drug-likeness (QED) is 0.114. The maximum Gasteiger partial charge on any atom is 0.309 e. The van der Waals surface area contributed by atoms with E-state index in [4.69, 9.17) is 9.47 Å². The van der Waals surface area contributed by atoms with E-state index in [9.17, 15) is 9.59 Å². The van der Waals surface area contributed by atoms with Crippen molar-refractivity contribution in [3.8, 4) is 0 Å². The normalized spacial score (nSPS) is 30.1. The van der Waals surface area contributed by atoms with Gasteiger partial charge in [0.05, 0.1) is 28.0 Å². The van der Waals surface area contributed by atoms with Gasteiger partial charge in [0, 0.05) is 0 Å². The lowest BCUT2D eigenvalue weighted by Gasteiger charge is -2.38. The first-order valence-corrected chi connectivity index (χ1v) is 24.0. The number of ether oxygens (including phenoxy) is 2. The SMILES string of the molecule is CCCCC[Si](C)(C)C1CCC(OC(=O)C2CCC(C(=O)OC3CCC([Si](C)(C)CCCCC)CC3)CC2)CC1. The zero-order valence-electron chi connectivity index (χ0n) is 27.2. The third kappa shape index (κ3) is 10.3. The fourth-order valence-electron chi connectivity index (χ4n) is 8.08. The van der Waals surface area contributed by atoms with Gasteiger partial charge in [-0.25, -0.2) is 0 Å². The van der Waals surface area contributed by atoms with E-state index in [1.54, 1.807) is 0 Å². The monoisotopic (exact) mass is 592 g/mol. The topological polar surface area (TPSA) is 52.6 Å². The highest BCUT2D eigenvalue weighted by atomic mass is 28.3. The van der Waals surface area contributed by atoms with Crippen molar-refractivity contribution in [2.24, 2.45) is 11.8 Å². The summed E-state index contributed by atoms with van der Waals surface area (Å²) >= 11 is 0. The second-order valence-corrected chi connectivity index (χ2v) is 25.8. The zero-order valence-corrected chi connectivity index (χ0v) is 29.2. The first-order chi connectivity index (χ1) is 19.1. The van der Waals surface area contributed by atoms with Crippen molar-refractivity contribution in [1.29, 1.82) is 0 Å². The molecule has 3 rings (SSSR count). The lowest BCUT2D eigenvalue weighted by atomic mass is 9.82. The molecule has 0 N–H and O–H groups in total. The average Bonchev–Trinajstić information content (AvgIpc) is 2.94. The fraction of sp³-hybridized carbons (Fsp3) is 0.941. The van der Waals surface area contributed by atoms with Crippen molar-refractivity contribution >= 4 is 28.1 Å². The van der Waals surface area contributed by atoms with Crippen molar-refractivity contribution in [2.75, 3.05) is 0 Å². The van der Waals surface area contributed by atoms with Gasteiger partial charge in [-0.2, -0.15) is 0 Å². The molecule has 0 aromatic heterocycles. The number of rotatable bonds is 14. The summed E-state index contributed by atoms with van der Waals surface area (Å²) in [6.45, 7) is 14.9. The minimum absolute atomic E-state index is 0.00115. The molecule has 6 heteroatoms. The Kier molecular flexibility index (Phi) is 13.8. The van der Waals surface area contributed by atoms with Gasteiger partial charge in [-0.05, 0) is 88.1 Å². The summed E-state index contributed by atoms with van der Waals surface area (Å²) in [5.41, 5.74) is 1.77. The van der Waals surface area contributed by atoms with E-state index in [2.05, 4.69) is 40.0 Å². The van der Waals surface area contributed by atoms with E-state index in [1.807, 2.05) is 0 Å². The zero-order chi connectivity index (χ0) is 29.2. The van der Waals surface area contributed by atoms with E-state index >= 15 is 0 Å². The van der Waals surface area contributed by atoms with Gasteiger partial charge >= 0.3 is 11.9 Å². The highest BCUT2D eigenvalue weighted by Gasteiger charge is 2.39. The van der Waals surface area contributed by atoms with Crippen LogP contribution in [0.4, 0.5) is 0 Å². The van der Waals surface area contributed by atoms with Crippen LogP contribution in [0.3, 0.4) is 0 Å². The van der Waals surface area contributed by atoms with Crippen molar-refractivity contribution in [3.05, 3.63) is 0 Å². The summed E-state index contributed by atoms with van der Waals surface area (Å²) < 4.78 is 12.1. The highest BCUT2D eigenvalue weighted by molar-refractivity contribution is 6.79. The van der Waals surface area contributed by atoms with E-state index in [-0.39, 0.29) is 36.0 Å².